The molecule has 0 spiro atoms. The molecule has 2 N–H and O–H groups in total. The SMILES string of the molecule is Cc1nnc(SC(C)C)n1N. The zero-order valence-corrected chi connectivity index (χ0v) is 7.72. The van der Waals surface area contributed by atoms with Crippen molar-refractivity contribution in [3.05, 3.63) is 5.82 Å². The normalized spacial score (nSPS) is 10.9. The second-order valence-corrected chi connectivity index (χ2v) is 4.11. The van der Waals surface area contributed by atoms with Crippen LogP contribution >= 0.6 is 11.8 Å². The summed E-state index contributed by atoms with van der Waals surface area (Å²) in [5, 5.41) is 9.01. The Labute approximate surface area is 70.2 Å². The van der Waals surface area contributed by atoms with Crippen molar-refractivity contribution in [1.82, 2.24) is 14.9 Å². The van der Waals surface area contributed by atoms with Crippen LogP contribution in [-0.4, -0.2) is 20.1 Å². The van der Waals surface area contributed by atoms with E-state index in [2.05, 4.69) is 24.0 Å². The highest BCUT2D eigenvalue weighted by atomic mass is 32.2. The van der Waals surface area contributed by atoms with E-state index in [0.717, 1.165) is 11.0 Å². The van der Waals surface area contributed by atoms with Crippen LogP contribution in [0.2, 0.25) is 0 Å². The first-order valence-corrected chi connectivity index (χ1v) is 4.33. The van der Waals surface area contributed by atoms with Gasteiger partial charge in [0.25, 0.3) is 0 Å². The predicted octanol–water partition coefficient (Wildman–Crippen LogP) is 0.801. The average Bonchev–Trinajstić information content (AvgIpc) is 2.18. The zero-order chi connectivity index (χ0) is 8.43. The Morgan fingerprint density at radius 2 is 2.09 bits per heavy atom. The van der Waals surface area contributed by atoms with Gasteiger partial charge >= 0.3 is 0 Å². The molecule has 1 aromatic heterocycles. The van der Waals surface area contributed by atoms with Crippen LogP contribution in [0.25, 0.3) is 0 Å². The Morgan fingerprint density at radius 3 is 2.45 bits per heavy atom. The fourth-order valence-electron chi connectivity index (χ4n) is 0.641. The lowest BCUT2D eigenvalue weighted by Crippen LogP contribution is -2.12. The van der Waals surface area contributed by atoms with Crippen molar-refractivity contribution in [1.29, 1.82) is 0 Å². The van der Waals surface area contributed by atoms with Crippen molar-refractivity contribution in [2.75, 3.05) is 5.84 Å². The number of nitrogens with zero attached hydrogens (tertiary/aromatic N) is 3. The highest BCUT2D eigenvalue weighted by Gasteiger charge is 2.07. The van der Waals surface area contributed by atoms with E-state index in [0.29, 0.717) is 5.25 Å². The largest absolute Gasteiger partial charge is 0.336 e. The minimum absolute atomic E-state index is 0.487. The fraction of sp³-hybridized carbons (Fsp3) is 0.667. The second-order valence-electron chi connectivity index (χ2n) is 2.57. The Bertz CT molecular complexity index is 243. The van der Waals surface area contributed by atoms with E-state index in [9.17, 15) is 0 Å². The van der Waals surface area contributed by atoms with Crippen molar-refractivity contribution < 1.29 is 0 Å². The summed E-state index contributed by atoms with van der Waals surface area (Å²) >= 11 is 1.61. The highest BCUT2D eigenvalue weighted by molar-refractivity contribution is 7.99. The maximum atomic E-state index is 5.62. The summed E-state index contributed by atoms with van der Waals surface area (Å²) in [5.74, 6) is 6.37. The molecule has 0 unspecified atom stereocenters. The summed E-state index contributed by atoms with van der Waals surface area (Å²) in [7, 11) is 0. The Morgan fingerprint density at radius 1 is 1.45 bits per heavy atom. The monoisotopic (exact) mass is 172 g/mol. The van der Waals surface area contributed by atoms with Gasteiger partial charge in [-0.1, -0.05) is 25.6 Å². The quantitative estimate of drug-likeness (QED) is 0.529. The van der Waals surface area contributed by atoms with E-state index in [1.165, 1.54) is 4.68 Å². The van der Waals surface area contributed by atoms with E-state index in [4.69, 9.17) is 5.84 Å². The summed E-state index contributed by atoms with van der Waals surface area (Å²) in [6.07, 6.45) is 0. The highest BCUT2D eigenvalue weighted by Crippen LogP contribution is 2.18. The van der Waals surface area contributed by atoms with Gasteiger partial charge < -0.3 is 5.84 Å². The number of aromatic nitrogens is 3. The third-order valence-corrected chi connectivity index (χ3v) is 2.14. The maximum Gasteiger partial charge on any atom is 0.210 e. The minimum atomic E-state index is 0.487. The smallest absolute Gasteiger partial charge is 0.210 e. The lowest BCUT2D eigenvalue weighted by Gasteiger charge is -2.02. The molecule has 0 aliphatic heterocycles. The van der Waals surface area contributed by atoms with Crippen LogP contribution in [0, 0.1) is 6.92 Å². The van der Waals surface area contributed by atoms with Gasteiger partial charge in [0.1, 0.15) is 5.82 Å². The third kappa shape index (κ3) is 1.86. The Balaban J connectivity index is 2.79. The first-order valence-electron chi connectivity index (χ1n) is 3.45. The standard InChI is InChI=1S/C6H12N4S/c1-4(2)11-6-9-8-5(3)10(6)7/h4H,7H2,1-3H3. The molecular weight excluding hydrogens is 160 g/mol. The van der Waals surface area contributed by atoms with Gasteiger partial charge in [0.05, 0.1) is 0 Å². The maximum absolute atomic E-state index is 5.62. The molecule has 0 atom stereocenters. The molecule has 0 saturated carbocycles. The molecule has 0 aliphatic carbocycles. The molecular formula is C6H12N4S. The number of nitrogens with two attached hydrogens (primary N) is 1. The van der Waals surface area contributed by atoms with Crippen LogP contribution in [0.5, 0.6) is 0 Å². The van der Waals surface area contributed by atoms with Crippen LogP contribution in [-0.2, 0) is 0 Å². The molecule has 0 amide bonds. The van der Waals surface area contributed by atoms with Gasteiger partial charge in [0.2, 0.25) is 5.16 Å². The van der Waals surface area contributed by atoms with Crippen LogP contribution < -0.4 is 5.84 Å². The topological polar surface area (TPSA) is 56.7 Å². The first kappa shape index (κ1) is 8.39. The Hall–Kier alpha value is -0.710. The number of rotatable bonds is 2. The number of aryl methyl sites for hydroxylation is 1. The zero-order valence-electron chi connectivity index (χ0n) is 6.90. The number of hydrogen-bond acceptors (Lipinski definition) is 4. The molecule has 0 aliphatic rings. The first-order chi connectivity index (χ1) is 5.11. The van der Waals surface area contributed by atoms with E-state index in [-0.39, 0.29) is 0 Å². The van der Waals surface area contributed by atoms with E-state index in [1.807, 2.05) is 6.92 Å². The van der Waals surface area contributed by atoms with E-state index in [1.54, 1.807) is 11.8 Å². The van der Waals surface area contributed by atoms with Crippen LogP contribution in [0.15, 0.2) is 5.16 Å². The Kier molecular flexibility index (Phi) is 2.38. The minimum Gasteiger partial charge on any atom is -0.336 e. The molecule has 0 bridgehead atoms. The van der Waals surface area contributed by atoms with Crippen molar-refractivity contribution in [2.24, 2.45) is 0 Å². The number of nitrogen functional groups attached to an aromatic ring is 1. The lowest BCUT2D eigenvalue weighted by molar-refractivity contribution is 0.821. The summed E-state index contributed by atoms with van der Waals surface area (Å²) in [4.78, 5) is 0. The van der Waals surface area contributed by atoms with Gasteiger partial charge in [-0.05, 0) is 6.92 Å². The molecule has 0 aromatic carbocycles. The molecule has 0 saturated heterocycles. The van der Waals surface area contributed by atoms with Crippen LogP contribution in [0.1, 0.15) is 19.7 Å². The molecule has 11 heavy (non-hydrogen) atoms. The fourth-order valence-corrected chi connectivity index (χ4v) is 1.40. The molecule has 0 fully saturated rings. The van der Waals surface area contributed by atoms with Gasteiger partial charge in [-0.3, -0.25) is 0 Å². The van der Waals surface area contributed by atoms with Crippen molar-refractivity contribution in [3.8, 4) is 0 Å². The lowest BCUT2D eigenvalue weighted by atomic mass is 10.6. The number of hydrogen-bond donors (Lipinski definition) is 1. The van der Waals surface area contributed by atoms with E-state index < -0.39 is 0 Å². The predicted molar refractivity (Wildman–Crippen MR) is 45.9 cm³/mol. The molecule has 1 heterocycles. The summed E-state index contributed by atoms with van der Waals surface area (Å²) in [6.45, 7) is 6.01. The second kappa shape index (κ2) is 3.13. The molecule has 0 radical (unpaired) electrons. The molecule has 62 valence electrons. The van der Waals surface area contributed by atoms with Gasteiger partial charge in [0, 0.05) is 5.25 Å². The van der Waals surface area contributed by atoms with Crippen molar-refractivity contribution in [2.45, 2.75) is 31.2 Å². The average molecular weight is 172 g/mol. The van der Waals surface area contributed by atoms with Crippen molar-refractivity contribution in [3.63, 3.8) is 0 Å². The third-order valence-electron chi connectivity index (χ3n) is 1.18. The molecule has 5 heteroatoms. The summed E-state index contributed by atoms with van der Waals surface area (Å²) in [5.41, 5.74) is 0. The molecule has 4 nitrogen and oxygen atoms in total. The van der Waals surface area contributed by atoms with Gasteiger partial charge in [-0.15, -0.1) is 10.2 Å². The summed E-state index contributed by atoms with van der Waals surface area (Å²) < 4.78 is 1.50. The van der Waals surface area contributed by atoms with Gasteiger partial charge in [-0.2, -0.15) is 0 Å². The summed E-state index contributed by atoms with van der Waals surface area (Å²) in [6, 6.07) is 0. The number of thioether (sulfide) groups is 1. The van der Waals surface area contributed by atoms with Gasteiger partial charge in [-0.25, -0.2) is 4.68 Å². The molecule has 1 rings (SSSR count). The molecule has 1 aromatic rings. The van der Waals surface area contributed by atoms with Crippen LogP contribution in [0.3, 0.4) is 0 Å². The van der Waals surface area contributed by atoms with Crippen molar-refractivity contribution >= 4 is 11.8 Å². The van der Waals surface area contributed by atoms with E-state index >= 15 is 0 Å². The van der Waals surface area contributed by atoms with Gasteiger partial charge in [0.15, 0.2) is 0 Å². The van der Waals surface area contributed by atoms with Crippen LogP contribution in [0.4, 0.5) is 0 Å².